The third kappa shape index (κ3) is 3.42. The monoisotopic (exact) mass is 393 g/mol. The predicted molar refractivity (Wildman–Crippen MR) is 111 cm³/mol. The molecule has 6 nitrogen and oxygen atoms in total. The van der Waals surface area contributed by atoms with Crippen LogP contribution in [0.2, 0.25) is 0 Å². The van der Waals surface area contributed by atoms with Crippen molar-refractivity contribution in [1.82, 2.24) is 4.98 Å². The summed E-state index contributed by atoms with van der Waals surface area (Å²) in [6.07, 6.45) is 5.12. The maximum atomic E-state index is 11.2. The Morgan fingerprint density at radius 3 is 2.50 bits per heavy atom. The number of methoxy groups -OCH3 is 2. The Morgan fingerprint density at radius 2 is 1.82 bits per heavy atom. The minimum Gasteiger partial charge on any atom is -0.493 e. The Balaban J connectivity index is 1.78. The first-order chi connectivity index (χ1) is 13.7. The molecule has 3 heterocycles. The Hall–Kier alpha value is -3.03. The summed E-state index contributed by atoms with van der Waals surface area (Å²) in [4.78, 5) is 6.06. The summed E-state index contributed by atoms with van der Waals surface area (Å²) in [6.45, 7) is 0. The lowest BCUT2D eigenvalue weighted by molar-refractivity contribution is 0.220. The number of ether oxygens (including phenoxy) is 2. The molecule has 1 aliphatic heterocycles. The second-order valence-corrected chi connectivity index (χ2v) is 7.25. The average Bonchev–Trinajstić information content (AvgIpc) is 3.43. The fourth-order valence-corrected chi connectivity index (χ4v) is 4.30. The van der Waals surface area contributed by atoms with Crippen molar-refractivity contribution in [3.05, 3.63) is 64.8 Å². The molecule has 7 heteroatoms. The Morgan fingerprint density at radius 1 is 1.04 bits per heavy atom. The first-order valence-electron chi connectivity index (χ1n) is 8.74. The lowest BCUT2D eigenvalue weighted by Gasteiger charge is -2.15. The van der Waals surface area contributed by atoms with Crippen molar-refractivity contribution in [2.75, 3.05) is 14.2 Å². The van der Waals surface area contributed by atoms with E-state index in [1.165, 1.54) is 0 Å². The van der Waals surface area contributed by atoms with Gasteiger partial charge in [0, 0.05) is 35.5 Å². The van der Waals surface area contributed by atoms with E-state index in [-0.39, 0.29) is 0 Å². The van der Waals surface area contributed by atoms with E-state index in [2.05, 4.69) is 15.2 Å². The number of aromatic nitrogens is 1. The summed E-state index contributed by atoms with van der Waals surface area (Å²) in [5, 5.41) is 19.4. The van der Waals surface area contributed by atoms with Crippen molar-refractivity contribution in [1.29, 1.82) is 0 Å². The molecule has 142 valence electrons. The van der Waals surface area contributed by atoms with E-state index in [1.54, 1.807) is 56.3 Å². The highest BCUT2D eigenvalue weighted by molar-refractivity contribution is 7.17. The maximum absolute atomic E-state index is 11.2. The Kier molecular flexibility index (Phi) is 5.18. The molecule has 1 unspecified atom stereocenters. The summed E-state index contributed by atoms with van der Waals surface area (Å²) >= 11 is 1.60. The zero-order chi connectivity index (χ0) is 19.5. The number of hydrogen-bond acceptors (Lipinski definition) is 7. The van der Waals surface area contributed by atoms with Crippen molar-refractivity contribution in [3.63, 3.8) is 0 Å². The van der Waals surface area contributed by atoms with Gasteiger partial charge in [-0.3, -0.25) is 4.98 Å². The van der Waals surface area contributed by atoms with E-state index in [9.17, 15) is 5.11 Å². The van der Waals surface area contributed by atoms with Gasteiger partial charge in [0.1, 0.15) is 6.10 Å². The molecule has 0 radical (unpaired) electrons. The first-order valence-corrected chi connectivity index (χ1v) is 9.55. The molecule has 0 aliphatic carbocycles. The number of rotatable bonds is 6. The quantitative estimate of drug-likeness (QED) is 0.684. The molecular weight excluding hydrogens is 374 g/mol. The summed E-state index contributed by atoms with van der Waals surface area (Å²) in [5.41, 5.74) is 3.43. The van der Waals surface area contributed by atoms with Crippen LogP contribution in [0, 0.1) is 0 Å². The Labute approximate surface area is 166 Å². The number of benzene rings is 1. The summed E-state index contributed by atoms with van der Waals surface area (Å²) in [6, 6.07) is 11.3. The normalized spacial score (nSPS) is 14.0. The molecule has 0 amide bonds. The van der Waals surface area contributed by atoms with Gasteiger partial charge in [-0.15, -0.1) is 11.3 Å². The van der Waals surface area contributed by atoms with Crippen molar-refractivity contribution in [2.24, 2.45) is 10.2 Å². The van der Waals surface area contributed by atoms with Crippen molar-refractivity contribution < 1.29 is 14.6 Å². The van der Waals surface area contributed by atoms with Crippen LogP contribution in [0.1, 0.15) is 28.5 Å². The molecule has 0 fully saturated rings. The SMILES string of the molecule is COc1ccc(C(O)c2cc(-c3ccncc3)sc2C2=NN=CC2)cc1OC. The van der Waals surface area contributed by atoms with Gasteiger partial charge >= 0.3 is 0 Å². The van der Waals surface area contributed by atoms with Crippen LogP contribution in [0.5, 0.6) is 11.5 Å². The predicted octanol–water partition coefficient (Wildman–Crippen LogP) is 4.09. The molecule has 3 aromatic rings. The molecule has 0 spiro atoms. The van der Waals surface area contributed by atoms with E-state index >= 15 is 0 Å². The molecule has 0 saturated heterocycles. The van der Waals surface area contributed by atoms with Gasteiger partial charge in [0.2, 0.25) is 0 Å². The highest BCUT2D eigenvalue weighted by Crippen LogP contribution is 2.39. The fraction of sp³-hybridized carbons (Fsp3) is 0.190. The van der Waals surface area contributed by atoms with Gasteiger partial charge in [0.25, 0.3) is 0 Å². The minimum atomic E-state index is -0.829. The zero-order valence-electron chi connectivity index (χ0n) is 15.5. The number of hydrogen-bond donors (Lipinski definition) is 1. The maximum Gasteiger partial charge on any atom is 0.161 e. The van der Waals surface area contributed by atoms with Gasteiger partial charge in [-0.1, -0.05) is 6.07 Å². The number of nitrogens with zero attached hydrogens (tertiary/aromatic N) is 3. The van der Waals surface area contributed by atoms with Gasteiger partial charge in [-0.05, 0) is 41.5 Å². The van der Waals surface area contributed by atoms with Crippen LogP contribution in [0.25, 0.3) is 10.4 Å². The minimum absolute atomic E-state index is 0.576. The second-order valence-electron chi connectivity index (χ2n) is 6.20. The van der Waals surface area contributed by atoms with E-state index < -0.39 is 6.10 Å². The zero-order valence-corrected chi connectivity index (χ0v) is 16.3. The van der Waals surface area contributed by atoms with Crippen molar-refractivity contribution in [3.8, 4) is 21.9 Å². The molecule has 1 aromatic carbocycles. The first kappa shape index (κ1) is 18.3. The molecular formula is C21H19N3O3S. The number of pyridine rings is 1. The molecule has 1 N–H and O–H groups in total. The van der Waals surface area contributed by atoms with Crippen molar-refractivity contribution >= 4 is 23.3 Å². The third-order valence-electron chi connectivity index (χ3n) is 4.55. The van der Waals surface area contributed by atoms with E-state index in [0.29, 0.717) is 17.9 Å². The van der Waals surface area contributed by atoms with Gasteiger partial charge in [-0.2, -0.15) is 10.2 Å². The van der Waals surface area contributed by atoms with Crippen LogP contribution in [0.4, 0.5) is 0 Å². The van der Waals surface area contributed by atoms with Crippen LogP contribution in [0.3, 0.4) is 0 Å². The van der Waals surface area contributed by atoms with Gasteiger partial charge in [0.05, 0.1) is 24.8 Å². The lowest BCUT2D eigenvalue weighted by atomic mass is 9.98. The van der Waals surface area contributed by atoms with E-state index in [1.807, 2.05) is 24.3 Å². The van der Waals surface area contributed by atoms with Gasteiger partial charge in [-0.25, -0.2) is 0 Å². The second kappa shape index (κ2) is 7.92. The lowest BCUT2D eigenvalue weighted by Crippen LogP contribution is -2.06. The highest BCUT2D eigenvalue weighted by Gasteiger charge is 2.24. The number of aliphatic hydroxyl groups excluding tert-OH is 1. The smallest absolute Gasteiger partial charge is 0.161 e. The largest absolute Gasteiger partial charge is 0.493 e. The van der Waals surface area contributed by atoms with E-state index in [4.69, 9.17) is 9.47 Å². The van der Waals surface area contributed by atoms with Crippen LogP contribution < -0.4 is 9.47 Å². The highest BCUT2D eigenvalue weighted by atomic mass is 32.1. The number of aliphatic hydroxyl groups is 1. The van der Waals surface area contributed by atoms with Gasteiger partial charge < -0.3 is 14.6 Å². The van der Waals surface area contributed by atoms with Crippen LogP contribution in [-0.4, -0.2) is 36.2 Å². The molecule has 1 atom stereocenters. The van der Waals surface area contributed by atoms with Crippen molar-refractivity contribution in [2.45, 2.75) is 12.5 Å². The van der Waals surface area contributed by atoms with E-state index in [0.717, 1.165) is 32.2 Å². The van der Waals surface area contributed by atoms with Crippen LogP contribution in [-0.2, 0) is 0 Å². The molecule has 0 bridgehead atoms. The fourth-order valence-electron chi connectivity index (χ4n) is 3.11. The Bertz CT molecular complexity index is 1040. The molecule has 0 saturated carbocycles. The standard InChI is InChI=1S/C21H19N3O3S/c1-26-17-4-3-14(11-18(17)27-2)20(25)15-12-19(13-5-8-22-9-6-13)28-21(15)16-7-10-23-24-16/h3-6,8-12,20,25H,7H2,1-2H3. The van der Waals surface area contributed by atoms with Crippen LogP contribution in [0.15, 0.2) is 59.0 Å². The van der Waals surface area contributed by atoms with Crippen LogP contribution >= 0.6 is 11.3 Å². The number of thiophene rings is 1. The summed E-state index contributed by atoms with van der Waals surface area (Å²) < 4.78 is 10.7. The summed E-state index contributed by atoms with van der Waals surface area (Å²) in [5.74, 6) is 1.20. The molecule has 2 aromatic heterocycles. The summed E-state index contributed by atoms with van der Waals surface area (Å²) in [7, 11) is 3.17. The molecule has 28 heavy (non-hydrogen) atoms. The molecule has 4 rings (SSSR count). The molecule has 1 aliphatic rings. The third-order valence-corrected chi connectivity index (χ3v) is 5.80. The van der Waals surface area contributed by atoms with Gasteiger partial charge in [0.15, 0.2) is 11.5 Å². The topological polar surface area (TPSA) is 76.3 Å². The average molecular weight is 393 g/mol.